The Morgan fingerprint density at radius 1 is 1.29 bits per heavy atom. The Labute approximate surface area is 84.0 Å². The lowest BCUT2D eigenvalue weighted by Crippen LogP contribution is -2.23. The molecule has 0 fully saturated rings. The van der Waals surface area contributed by atoms with Crippen molar-refractivity contribution in [3.63, 3.8) is 0 Å². The van der Waals surface area contributed by atoms with Crippen molar-refractivity contribution in [3.8, 4) is 0 Å². The van der Waals surface area contributed by atoms with Crippen molar-refractivity contribution >= 4 is 5.84 Å². The highest BCUT2D eigenvalue weighted by Gasteiger charge is 2.17. The SMILES string of the molecule is N=C(N)CCN1Cc2ccccc2C1. The smallest absolute Gasteiger partial charge is 0.0918 e. The number of hydrogen-bond donors (Lipinski definition) is 2. The molecule has 0 saturated carbocycles. The number of hydrogen-bond acceptors (Lipinski definition) is 2. The second-order valence-electron chi connectivity index (χ2n) is 3.75. The van der Waals surface area contributed by atoms with Gasteiger partial charge in [-0.15, -0.1) is 0 Å². The molecule has 3 heteroatoms. The van der Waals surface area contributed by atoms with Gasteiger partial charge in [0.15, 0.2) is 0 Å². The van der Waals surface area contributed by atoms with Crippen LogP contribution < -0.4 is 5.73 Å². The Bertz CT molecular complexity index is 321. The summed E-state index contributed by atoms with van der Waals surface area (Å²) in [6.07, 6.45) is 0.675. The van der Waals surface area contributed by atoms with E-state index in [2.05, 4.69) is 29.2 Å². The third kappa shape index (κ3) is 1.93. The van der Waals surface area contributed by atoms with E-state index in [1.54, 1.807) is 0 Å². The van der Waals surface area contributed by atoms with Gasteiger partial charge < -0.3 is 5.73 Å². The largest absolute Gasteiger partial charge is 0.388 e. The minimum atomic E-state index is 0.279. The molecule has 0 spiro atoms. The Morgan fingerprint density at radius 3 is 2.36 bits per heavy atom. The van der Waals surface area contributed by atoms with Crippen LogP contribution in [0.15, 0.2) is 24.3 Å². The maximum absolute atomic E-state index is 7.17. The van der Waals surface area contributed by atoms with Gasteiger partial charge in [0, 0.05) is 26.1 Å². The average Bonchev–Trinajstić information content (AvgIpc) is 2.57. The predicted octanol–water partition coefficient (Wildman–Crippen LogP) is 1.33. The molecule has 3 N–H and O–H groups in total. The van der Waals surface area contributed by atoms with E-state index >= 15 is 0 Å². The minimum Gasteiger partial charge on any atom is -0.388 e. The Morgan fingerprint density at radius 2 is 1.86 bits per heavy atom. The summed E-state index contributed by atoms with van der Waals surface area (Å²) in [6, 6.07) is 8.49. The molecule has 2 rings (SSSR count). The second kappa shape index (κ2) is 3.80. The average molecular weight is 189 g/mol. The number of benzene rings is 1. The number of amidine groups is 1. The van der Waals surface area contributed by atoms with Gasteiger partial charge in [-0.25, -0.2) is 0 Å². The van der Waals surface area contributed by atoms with Crippen LogP contribution >= 0.6 is 0 Å². The minimum absolute atomic E-state index is 0.279. The molecular weight excluding hydrogens is 174 g/mol. The van der Waals surface area contributed by atoms with Crippen LogP contribution in [-0.4, -0.2) is 17.3 Å². The fourth-order valence-corrected chi connectivity index (χ4v) is 1.84. The first-order valence-corrected chi connectivity index (χ1v) is 4.88. The molecule has 74 valence electrons. The molecule has 0 bridgehead atoms. The molecule has 0 radical (unpaired) electrons. The molecular formula is C11H15N3. The fourth-order valence-electron chi connectivity index (χ4n) is 1.84. The van der Waals surface area contributed by atoms with Crippen LogP contribution in [0, 0.1) is 5.41 Å². The first-order chi connectivity index (χ1) is 6.75. The van der Waals surface area contributed by atoms with Crippen molar-refractivity contribution in [1.82, 2.24) is 4.90 Å². The molecule has 0 unspecified atom stereocenters. The number of nitrogens with two attached hydrogens (primary N) is 1. The van der Waals surface area contributed by atoms with Crippen molar-refractivity contribution < 1.29 is 0 Å². The lowest BCUT2D eigenvalue weighted by Gasteiger charge is -2.13. The van der Waals surface area contributed by atoms with Gasteiger partial charge in [-0.05, 0) is 11.1 Å². The van der Waals surface area contributed by atoms with E-state index in [-0.39, 0.29) is 5.84 Å². The lowest BCUT2D eigenvalue weighted by atomic mass is 10.1. The lowest BCUT2D eigenvalue weighted by molar-refractivity contribution is 0.293. The summed E-state index contributed by atoms with van der Waals surface area (Å²) >= 11 is 0. The predicted molar refractivity (Wildman–Crippen MR) is 57.1 cm³/mol. The summed E-state index contributed by atoms with van der Waals surface area (Å²) in [7, 11) is 0. The van der Waals surface area contributed by atoms with Crippen LogP contribution in [0.4, 0.5) is 0 Å². The highest BCUT2D eigenvalue weighted by Crippen LogP contribution is 2.21. The maximum Gasteiger partial charge on any atom is 0.0918 e. The molecule has 3 nitrogen and oxygen atoms in total. The van der Waals surface area contributed by atoms with Gasteiger partial charge in [0.05, 0.1) is 5.84 Å². The summed E-state index contributed by atoms with van der Waals surface area (Å²) in [6.45, 7) is 2.90. The normalized spacial score (nSPS) is 15.4. The zero-order chi connectivity index (χ0) is 9.97. The van der Waals surface area contributed by atoms with Gasteiger partial charge in [0.1, 0.15) is 0 Å². The van der Waals surface area contributed by atoms with Crippen molar-refractivity contribution in [2.75, 3.05) is 6.54 Å². The number of fused-ring (bicyclic) bond motifs is 1. The molecule has 0 aliphatic carbocycles. The molecule has 0 saturated heterocycles. The van der Waals surface area contributed by atoms with E-state index in [4.69, 9.17) is 11.1 Å². The number of nitrogens with zero attached hydrogens (tertiary/aromatic N) is 1. The van der Waals surface area contributed by atoms with Crippen molar-refractivity contribution in [2.45, 2.75) is 19.5 Å². The number of nitrogens with one attached hydrogen (secondary N) is 1. The Kier molecular flexibility index (Phi) is 2.50. The molecule has 14 heavy (non-hydrogen) atoms. The monoisotopic (exact) mass is 189 g/mol. The molecule has 0 amide bonds. The topological polar surface area (TPSA) is 53.1 Å². The van der Waals surface area contributed by atoms with E-state index in [0.29, 0.717) is 6.42 Å². The summed E-state index contributed by atoms with van der Waals surface area (Å²) in [4.78, 5) is 2.33. The first kappa shape index (κ1) is 9.21. The van der Waals surface area contributed by atoms with E-state index in [0.717, 1.165) is 19.6 Å². The van der Waals surface area contributed by atoms with Crippen LogP contribution in [0.1, 0.15) is 17.5 Å². The third-order valence-corrected chi connectivity index (χ3v) is 2.60. The molecule has 1 aromatic carbocycles. The van der Waals surface area contributed by atoms with E-state index in [9.17, 15) is 0 Å². The van der Waals surface area contributed by atoms with Crippen molar-refractivity contribution in [1.29, 1.82) is 5.41 Å². The summed E-state index contributed by atoms with van der Waals surface area (Å²) in [5, 5.41) is 7.17. The van der Waals surface area contributed by atoms with Crippen LogP contribution in [0.25, 0.3) is 0 Å². The van der Waals surface area contributed by atoms with E-state index in [1.807, 2.05) is 0 Å². The Balaban J connectivity index is 1.95. The van der Waals surface area contributed by atoms with Crippen LogP contribution in [0.2, 0.25) is 0 Å². The van der Waals surface area contributed by atoms with Gasteiger partial charge in [-0.3, -0.25) is 10.3 Å². The Hall–Kier alpha value is -1.35. The van der Waals surface area contributed by atoms with Crippen LogP contribution in [0.5, 0.6) is 0 Å². The summed E-state index contributed by atoms with van der Waals surface area (Å²) in [5.41, 5.74) is 8.16. The zero-order valence-electron chi connectivity index (χ0n) is 8.16. The highest BCUT2D eigenvalue weighted by molar-refractivity contribution is 5.76. The zero-order valence-corrected chi connectivity index (χ0v) is 8.16. The standard InChI is InChI=1S/C11H15N3/c12-11(13)5-6-14-7-9-3-1-2-4-10(9)8-14/h1-4H,5-8H2,(H3,12,13). The van der Waals surface area contributed by atoms with Gasteiger partial charge in [-0.1, -0.05) is 24.3 Å². The molecule has 0 atom stereocenters. The second-order valence-corrected chi connectivity index (χ2v) is 3.75. The summed E-state index contributed by atoms with van der Waals surface area (Å²) < 4.78 is 0. The molecule has 1 aliphatic rings. The van der Waals surface area contributed by atoms with Crippen LogP contribution in [0.3, 0.4) is 0 Å². The molecule has 1 aliphatic heterocycles. The van der Waals surface area contributed by atoms with Gasteiger partial charge in [0.25, 0.3) is 0 Å². The molecule has 1 aromatic rings. The highest BCUT2D eigenvalue weighted by atomic mass is 15.1. The van der Waals surface area contributed by atoms with Gasteiger partial charge in [-0.2, -0.15) is 0 Å². The molecule has 0 aromatic heterocycles. The molecule has 1 heterocycles. The first-order valence-electron chi connectivity index (χ1n) is 4.88. The van der Waals surface area contributed by atoms with Crippen molar-refractivity contribution in [3.05, 3.63) is 35.4 Å². The third-order valence-electron chi connectivity index (χ3n) is 2.60. The van der Waals surface area contributed by atoms with Crippen LogP contribution in [-0.2, 0) is 13.1 Å². The van der Waals surface area contributed by atoms with E-state index < -0.39 is 0 Å². The van der Waals surface area contributed by atoms with E-state index in [1.165, 1.54) is 11.1 Å². The van der Waals surface area contributed by atoms with Gasteiger partial charge in [0.2, 0.25) is 0 Å². The summed E-state index contributed by atoms with van der Waals surface area (Å²) in [5.74, 6) is 0.279. The quantitative estimate of drug-likeness (QED) is 0.556. The fraction of sp³-hybridized carbons (Fsp3) is 0.364. The number of rotatable bonds is 3. The maximum atomic E-state index is 7.17. The van der Waals surface area contributed by atoms with Crippen molar-refractivity contribution in [2.24, 2.45) is 5.73 Å². The van der Waals surface area contributed by atoms with Gasteiger partial charge >= 0.3 is 0 Å².